The van der Waals surface area contributed by atoms with Crippen molar-refractivity contribution in [3.05, 3.63) is 48.0 Å². The Labute approximate surface area is 155 Å². The Balaban J connectivity index is 1.89. The summed E-state index contributed by atoms with van der Waals surface area (Å²) in [5, 5.41) is 2.98. The Bertz CT molecular complexity index is 849. The molecule has 0 aromatic heterocycles. The van der Waals surface area contributed by atoms with Crippen LogP contribution in [0.1, 0.15) is 39.7 Å². The zero-order valence-corrected chi connectivity index (χ0v) is 15.9. The fraction of sp³-hybridized carbons (Fsp3) is 0.364. The first-order chi connectivity index (χ1) is 12.3. The monoisotopic (exact) mass is 350 g/mol. The standard InChI is InChI=1S/C22H26N2O2/c1-15(25)24-12-6-8-18-13-17(10-11-20(18)24)16-7-5-9-19(14-16)23-21(26)22(2,3)4/h5,7,9-11,13-14H,6,8,12H2,1-4H3,(H,23,26). The third-order valence-corrected chi connectivity index (χ3v) is 4.71. The second-order valence-electron chi connectivity index (χ2n) is 7.90. The van der Waals surface area contributed by atoms with Gasteiger partial charge in [-0.05, 0) is 53.8 Å². The SMILES string of the molecule is CC(=O)N1CCCc2cc(-c3cccc(NC(=O)C(C)(C)C)c3)ccc21. The molecule has 1 N–H and O–H groups in total. The van der Waals surface area contributed by atoms with Crippen molar-refractivity contribution in [2.45, 2.75) is 40.5 Å². The molecule has 136 valence electrons. The zero-order chi connectivity index (χ0) is 18.9. The summed E-state index contributed by atoms with van der Waals surface area (Å²) in [5.74, 6) is 0.0859. The molecule has 1 aliphatic rings. The average Bonchev–Trinajstić information content (AvgIpc) is 2.60. The summed E-state index contributed by atoms with van der Waals surface area (Å²) in [7, 11) is 0. The van der Waals surface area contributed by atoms with Crippen molar-refractivity contribution in [3.8, 4) is 11.1 Å². The van der Waals surface area contributed by atoms with Crippen LogP contribution in [0.5, 0.6) is 0 Å². The molecule has 0 aliphatic carbocycles. The molecule has 0 saturated carbocycles. The van der Waals surface area contributed by atoms with Gasteiger partial charge in [0.1, 0.15) is 0 Å². The van der Waals surface area contributed by atoms with Crippen LogP contribution in [0.15, 0.2) is 42.5 Å². The van der Waals surface area contributed by atoms with Crippen LogP contribution in [0, 0.1) is 5.41 Å². The number of aryl methyl sites for hydroxylation is 1. The summed E-state index contributed by atoms with van der Waals surface area (Å²) in [5.41, 5.74) is 4.74. The molecule has 0 unspecified atom stereocenters. The van der Waals surface area contributed by atoms with E-state index in [4.69, 9.17) is 0 Å². The molecular formula is C22H26N2O2. The first-order valence-electron chi connectivity index (χ1n) is 9.08. The predicted octanol–water partition coefficient (Wildman–Crippen LogP) is 4.64. The number of fused-ring (bicyclic) bond motifs is 1. The van der Waals surface area contributed by atoms with E-state index in [0.29, 0.717) is 0 Å². The van der Waals surface area contributed by atoms with Crippen molar-refractivity contribution in [2.75, 3.05) is 16.8 Å². The molecule has 4 heteroatoms. The lowest BCUT2D eigenvalue weighted by Gasteiger charge is -2.29. The average molecular weight is 350 g/mol. The largest absolute Gasteiger partial charge is 0.326 e. The number of hydrogen-bond donors (Lipinski definition) is 1. The smallest absolute Gasteiger partial charge is 0.229 e. The molecule has 2 aromatic carbocycles. The number of anilines is 2. The molecule has 1 aliphatic heterocycles. The highest BCUT2D eigenvalue weighted by molar-refractivity contribution is 5.95. The number of hydrogen-bond acceptors (Lipinski definition) is 2. The lowest BCUT2D eigenvalue weighted by Crippen LogP contribution is -2.33. The van der Waals surface area contributed by atoms with Gasteiger partial charge >= 0.3 is 0 Å². The lowest BCUT2D eigenvalue weighted by atomic mass is 9.94. The maximum absolute atomic E-state index is 12.2. The Morgan fingerprint density at radius 2 is 1.77 bits per heavy atom. The summed E-state index contributed by atoms with van der Waals surface area (Å²) in [4.78, 5) is 25.9. The van der Waals surface area contributed by atoms with Crippen LogP contribution >= 0.6 is 0 Å². The van der Waals surface area contributed by atoms with E-state index < -0.39 is 5.41 Å². The van der Waals surface area contributed by atoms with Gasteiger partial charge in [0, 0.05) is 30.3 Å². The van der Waals surface area contributed by atoms with Crippen LogP contribution in [0.2, 0.25) is 0 Å². The van der Waals surface area contributed by atoms with E-state index in [0.717, 1.165) is 41.9 Å². The number of carbonyl (C=O) groups excluding carboxylic acids is 2. The Kier molecular flexibility index (Phi) is 4.86. The van der Waals surface area contributed by atoms with Crippen molar-refractivity contribution < 1.29 is 9.59 Å². The maximum Gasteiger partial charge on any atom is 0.229 e. The van der Waals surface area contributed by atoms with Gasteiger partial charge in [-0.25, -0.2) is 0 Å². The van der Waals surface area contributed by atoms with E-state index in [1.807, 2.05) is 62.1 Å². The second kappa shape index (κ2) is 6.94. The molecule has 3 rings (SSSR count). The van der Waals surface area contributed by atoms with Crippen molar-refractivity contribution >= 4 is 23.2 Å². The molecule has 1 heterocycles. The maximum atomic E-state index is 12.2. The van der Waals surface area contributed by atoms with Crippen LogP contribution in [-0.2, 0) is 16.0 Å². The summed E-state index contributed by atoms with van der Waals surface area (Å²) in [6, 6.07) is 14.1. The van der Waals surface area contributed by atoms with Crippen LogP contribution in [0.4, 0.5) is 11.4 Å². The minimum absolute atomic E-state index is 0.00260. The molecule has 0 bridgehead atoms. The van der Waals surface area contributed by atoms with Crippen molar-refractivity contribution in [1.29, 1.82) is 0 Å². The molecule has 2 amide bonds. The van der Waals surface area contributed by atoms with E-state index in [9.17, 15) is 9.59 Å². The number of amides is 2. The van der Waals surface area contributed by atoms with Crippen molar-refractivity contribution in [1.82, 2.24) is 0 Å². The van der Waals surface area contributed by atoms with Crippen LogP contribution in [0.25, 0.3) is 11.1 Å². The minimum atomic E-state index is -0.433. The first-order valence-corrected chi connectivity index (χ1v) is 9.08. The second-order valence-corrected chi connectivity index (χ2v) is 7.90. The number of rotatable bonds is 2. The summed E-state index contributed by atoms with van der Waals surface area (Å²) in [6.45, 7) is 8.10. The van der Waals surface area contributed by atoms with Gasteiger partial charge in [0.25, 0.3) is 0 Å². The summed E-state index contributed by atoms with van der Waals surface area (Å²) in [6.07, 6.45) is 1.96. The highest BCUT2D eigenvalue weighted by Crippen LogP contribution is 2.32. The number of nitrogens with one attached hydrogen (secondary N) is 1. The number of benzene rings is 2. The van der Waals surface area contributed by atoms with Crippen LogP contribution < -0.4 is 10.2 Å². The minimum Gasteiger partial charge on any atom is -0.326 e. The first kappa shape index (κ1) is 18.2. The Morgan fingerprint density at radius 1 is 1.04 bits per heavy atom. The summed E-state index contributed by atoms with van der Waals surface area (Å²) < 4.78 is 0. The Hall–Kier alpha value is -2.62. The van der Waals surface area contributed by atoms with Gasteiger partial charge in [-0.1, -0.05) is 39.0 Å². The van der Waals surface area contributed by atoms with Crippen LogP contribution in [-0.4, -0.2) is 18.4 Å². The van der Waals surface area contributed by atoms with E-state index in [1.54, 1.807) is 6.92 Å². The molecule has 26 heavy (non-hydrogen) atoms. The highest BCUT2D eigenvalue weighted by Gasteiger charge is 2.22. The third-order valence-electron chi connectivity index (χ3n) is 4.71. The molecule has 2 aromatic rings. The fourth-order valence-electron chi connectivity index (χ4n) is 3.20. The lowest BCUT2D eigenvalue weighted by molar-refractivity contribution is -0.123. The topological polar surface area (TPSA) is 49.4 Å². The normalized spacial score (nSPS) is 13.9. The quantitative estimate of drug-likeness (QED) is 0.858. The van der Waals surface area contributed by atoms with Gasteiger partial charge in [-0.15, -0.1) is 0 Å². The van der Waals surface area contributed by atoms with Gasteiger partial charge in [0.2, 0.25) is 11.8 Å². The summed E-state index contributed by atoms with van der Waals surface area (Å²) >= 11 is 0. The van der Waals surface area contributed by atoms with Gasteiger partial charge in [-0.3, -0.25) is 9.59 Å². The molecule has 0 saturated heterocycles. The van der Waals surface area contributed by atoms with Crippen molar-refractivity contribution in [2.24, 2.45) is 5.41 Å². The van der Waals surface area contributed by atoms with Gasteiger partial charge in [-0.2, -0.15) is 0 Å². The third kappa shape index (κ3) is 3.79. The van der Waals surface area contributed by atoms with E-state index in [2.05, 4.69) is 11.4 Å². The number of nitrogens with zero attached hydrogens (tertiary/aromatic N) is 1. The van der Waals surface area contributed by atoms with E-state index in [-0.39, 0.29) is 11.8 Å². The highest BCUT2D eigenvalue weighted by atomic mass is 16.2. The molecular weight excluding hydrogens is 324 g/mol. The van der Waals surface area contributed by atoms with Gasteiger partial charge in [0.15, 0.2) is 0 Å². The van der Waals surface area contributed by atoms with Gasteiger partial charge < -0.3 is 10.2 Å². The molecule has 0 atom stereocenters. The van der Waals surface area contributed by atoms with E-state index >= 15 is 0 Å². The van der Waals surface area contributed by atoms with Gasteiger partial charge in [0.05, 0.1) is 0 Å². The zero-order valence-electron chi connectivity index (χ0n) is 15.9. The molecule has 0 radical (unpaired) electrons. The molecule has 4 nitrogen and oxygen atoms in total. The van der Waals surface area contributed by atoms with Crippen molar-refractivity contribution in [3.63, 3.8) is 0 Å². The Morgan fingerprint density at radius 3 is 2.46 bits per heavy atom. The predicted molar refractivity (Wildman–Crippen MR) is 106 cm³/mol. The van der Waals surface area contributed by atoms with E-state index in [1.165, 1.54) is 5.56 Å². The van der Waals surface area contributed by atoms with Crippen LogP contribution in [0.3, 0.4) is 0 Å². The molecule has 0 fully saturated rings. The number of carbonyl (C=O) groups is 2. The fourth-order valence-corrected chi connectivity index (χ4v) is 3.20. The molecule has 0 spiro atoms.